The molecule has 2 amide bonds. The zero-order valence-electron chi connectivity index (χ0n) is 21.7. The van der Waals surface area contributed by atoms with E-state index in [-0.39, 0.29) is 10.9 Å². The fourth-order valence-electron chi connectivity index (χ4n) is 5.25. The standard InChI is InChI=1S/C27H34BrN5O4S/c1-27(2,17-19-18-29-25-21(19)6-5-7-22(25)28)31-26(34)30-23-16-20(8-9-24(23)32-10-3-4-11-32)38(35,36)33-12-14-37-15-13-33/h5-9,16,18,29H,3-4,10-15,17H2,1-2H3,(H2,30,31,34). The number of anilines is 2. The van der Waals surface area contributed by atoms with Gasteiger partial charge in [-0.25, -0.2) is 13.2 Å². The number of nitrogens with one attached hydrogen (secondary N) is 3. The number of nitrogens with zero attached hydrogens (tertiary/aromatic N) is 2. The van der Waals surface area contributed by atoms with Crippen LogP contribution in [0.2, 0.25) is 0 Å². The number of sulfonamides is 1. The highest BCUT2D eigenvalue weighted by Gasteiger charge is 2.29. The van der Waals surface area contributed by atoms with Crippen LogP contribution in [0.25, 0.3) is 10.9 Å². The van der Waals surface area contributed by atoms with Crippen molar-refractivity contribution in [3.8, 4) is 0 Å². The van der Waals surface area contributed by atoms with Gasteiger partial charge in [-0.1, -0.05) is 12.1 Å². The van der Waals surface area contributed by atoms with Crippen molar-refractivity contribution in [3.63, 3.8) is 0 Å². The Hall–Kier alpha value is -2.60. The minimum Gasteiger partial charge on any atom is -0.379 e. The molecule has 0 aliphatic carbocycles. The van der Waals surface area contributed by atoms with Crippen LogP contribution in [0.1, 0.15) is 32.3 Å². The minimum atomic E-state index is -3.70. The SMILES string of the molecule is CC(C)(Cc1c[nH]c2c(Br)cccc12)NC(=O)Nc1cc(S(=O)(=O)N2CCOCC2)ccc1N1CCCC1. The van der Waals surface area contributed by atoms with E-state index in [0.717, 1.165) is 52.6 Å². The van der Waals surface area contributed by atoms with E-state index in [4.69, 9.17) is 4.74 Å². The smallest absolute Gasteiger partial charge is 0.319 e. The lowest BCUT2D eigenvalue weighted by atomic mass is 9.95. The predicted molar refractivity (Wildman–Crippen MR) is 153 cm³/mol. The van der Waals surface area contributed by atoms with E-state index >= 15 is 0 Å². The molecule has 5 rings (SSSR count). The number of ether oxygens (including phenoxy) is 1. The lowest BCUT2D eigenvalue weighted by Gasteiger charge is -2.29. The summed E-state index contributed by atoms with van der Waals surface area (Å²) >= 11 is 3.58. The average molecular weight is 605 g/mol. The van der Waals surface area contributed by atoms with Gasteiger partial charge in [0.05, 0.1) is 35.0 Å². The number of aromatic nitrogens is 1. The molecule has 11 heteroatoms. The largest absolute Gasteiger partial charge is 0.379 e. The maximum atomic E-state index is 13.3. The van der Waals surface area contributed by atoms with Crippen LogP contribution in [0.4, 0.5) is 16.2 Å². The van der Waals surface area contributed by atoms with Crippen molar-refractivity contribution in [1.29, 1.82) is 0 Å². The van der Waals surface area contributed by atoms with E-state index < -0.39 is 15.6 Å². The molecule has 0 saturated carbocycles. The van der Waals surface area contributed by atoms with Crippen molar-refractivity contribution < 1.29 is 17.9 Å². The van der Waals surface area contributed by atoms with Gasteiger partial charge in [-0.05, 0) is 78.9 Å². The van der Waals surface area contributed by atoms with Crippen LogP contribution >= 0.6 is 15.9 Å². The van der Waals surface area contributed by atoms with Gasteiger partial charge in [-0.3, -0.25) is 0 Å². The Morgan fingerprint density at radius 2 is 1.84 bits per heavy atom. The number of morpholine rings is 1. The summed E-state index contributed by atoms with van der Waals surface area (Å²) in [4.78, 5) is 18.9. The lowest BCUT2D eigenvalue weighted by molar-refractivity contribution is 0.0730. The van der Waals surface area contributed by atoms with Gasteiger partial charge < -0.3 is 25.3 Å². The molecule has 0 bridgehead atoms. The number of fused-ring (bicyclic) bond motifs is 1. The summed E-state index contributed by atoms with van der Waals surface area (Å²) in [6.45, 7) is 7.08. The Balaban J connectivity index is 1.36. The Labute approximate surface area is 232 Å². The Kier molecular flexibility index (Phi) is 7.72. The van der Waals surface area contributed by atoms with Gasteiger partial charge in [-0.2, -0.15) is 4.31 Å². The van der Waals surface area contributed by atoms with Crippen molar-refractivity contribution >= 4 is 54.3 Å². The zero-order chi connectivity index (χ0) is 26.9. The average Bonchev–Trinajstić information content (AvgIpc) is 3.55. The fourth-order valence-corrected chi connectivity index (χ4v) is 7.16. The number of para-hydroxylation sites is 1. The van der Waals surface area contributed by atoms with Crippen LogP contribution in [0.5, 0.6) is 0 Å². The molecule has 2 aromatic carbocycles. The second kappa shape index (κ2) is 10.9. The van der Waals surface area contributed by atoms with Gasteiger partial charge in [0.1, 0.15) is 0 Å². The molecule has 3 N–H and O–H groups in total. The molecular weight excluding hydrogens is 570 g/mol. The molecule has 3 heterocycles. The van der Waals surface area contributed by atoms with E-state index in [0.29, 0.717) is 38.4 Å². The number of rotatable bonds is 7. The molecule has 204 valence electrons. The fraction of sp³-hybridized carbons (Fsp3) is 0.444. The van der Waals surface area contributed by atoms with E-state index in [9.17, 15) is 13.2 Å². The molecule has 0 unspecified atom stereocenters. The first kappa shape index (κ1) is 27.0. The van der Waals surface area contributed by atoms with Crippen LogP contribution in [-0.4, -0.2) is 68.7 Å². The Bertz CT molecular complexity index is 1430. The molecule has 2 fully saturated rings. The minimum absolute atomic E-state index is 0.168. The van der Waals surface area contributed by atoms with Crippen LogP contribution in [0.15, 0.2) is 52.0 Å². The van der Waals surface area contributed by atoms with Crippen LogP contribution < -0.4 is 15.5 Å². The number of hydrogen-bond acceptors (Lipinski definition) is 5. The summed E-state index contributed by atoms with van der Waals surface area (Å²) in [7, 11) is -3.70. The molecule has 2 saturated heterocycles. The maximum absolute atomic E-state index is 13.3. The first-order valence-corrected chi connectivity index (χ1v) is 15.2. The van der Waals surface area contributed by atoms with Crippen molar-refractivity contribution in [3.05, 3.63) is 52.6 Å². The summed E-state index contributed by atoms with van der Waals surface area (Å²) in [6, 6.07) is 10.7. The molecule has 0 spiro atoms. The molecule has 0 atom stereocenters. The van der Waals surface area contributed by atoms with E-state index in [1.807, 2.05) is 38.2 Å². The van der Waals surface area contributed by atoms with Crippen molar-refractivity contribution in [2.24, 2.45) is 0 Å². The zero-order valence-corrected chi connectivity index (χ0v) is 24.1. The molecule has 1 aromatic heterocycles. The van der Waals surface area contributed by atoms with Gasteiger partial charge in [0.2, 0.25) is 10.0 Å². The van der Waals surface area contributed by atoms with Gasteiger partial charge in [0, 0.05) is 47.8 Å². The number of benzene rings is 2. The highest BCUT2D eigenvalue weighted by Crippen LogP contribution is 2.33. The van der Waals surface area contributed by atoms with Gasteiger partial charge >= 0.3 is 6.03 Å². The molecular formula is C27H34BrN5O4S. The number of carbonyl (C=O) groups is 1. The second-order valence-electron chi connectivity index (χ2n) is 10.5. The highest BCUT2D eigenvalue weighted by molar-refractivity contribution is 9.10. The van der Waals surface area contributed by atoms with Crippen LogP contribution in [0, 0.1) is 0 Å². The third kappa shape index (κ3) is 5.70. The highest BCUT2D eigenvalue weighted by atomic mass is 79.9. The quantitative estimate of drug-likeness (QED) is 0.363. The lowest BCUT2D eigenvalue weighted by Crippen LogP contribution is -2.47. The number of amides is 2. The summed E-state index contributed by atoms with van der Waals surface area (Å²) in [5.41, 5.74) is 2.88. The molecule has 9 nitrogen and oxygen atoms in total. The van der Waals surface area contributed by atoms with E-state index in [1.54, 1.807) is 12.1 Å². The first-order chi connectivity index (χ1) is 18.1. The number of carbonyl (C=O) groups excluding carboxylic acids is 1. The predicted octanol–water partition coefficient (Wildman–Crippen LogP) is 4.69. The van der Waals surface area contributed by atoms with Gasteiger partial charge in [0.15, 0.2) is 0 Å². The summed E-state index contributed by atoms with van der Waals surface area (Å²) in [5, 5.41) is 7.17. The van der Waals surface area contributed by atoms with Crippen LogP contribution in [0.3, 0.4) is 0 Å². The molecule has 0 radical (unpaired) electrons. The second-order valence-corrected chi connectivity index (χ2v) is 13.3. The topological polar surface area (TPSA) is 107 Å². The van der Waals surface area contributed by atoms with Crippen molar-refractivity contribution in [2.45, 2.75) is 43.5 Å². The van der Waals surface area contributed by atoms with Gasteiger partial charge in [-0.15, -0.1) is 0 Å². The van der Waals surface area contributed by atoms with E-state index in [1.165, 1.54) is 4.31 Å². The summed E-state index contributed by atoms with van der Waals surface area (Å²) in [6.07, 6.45) is 4.71. The van der Waals surface area contributed by atoms with Crippen LogP contribution in [-0.2, 0) is 21.2 Å². The van der Waals surface area contributed by atoms with Crippen molar-refractivity contribution in [2.75, 3.05) is 49.6 Å². The molecule has 2 aliphatic heterocycles. The summed E-state index contributed by atoms with van der Waals surface area (Å²) < 4.78 is 34.4. The normalized spacial score (nSPS) is 17.2. The number of hydrogen-bond donors (Lipinski definition) is 3. The first-order valence-electron chi connectivity index (χ1n) is 12.9. The van der Waals surface area contributed by atoms with Gasteiger partial charge in [0.25, 0.3) is 0 Å². The number of halogens is 1. The summed E-state index contributed by atoms with van der Waals surface area (Å²) in [5.74, 6) is 0. The monoisotopic (exact) mass is 603 g/mol. The Morgan fingerprint density at radius 1 is 1.11 bits per heavy atom. The molecule has 2 aliphatic rings. The number of H-pyrrole nitrogens is 1. The third-order valence-corrected chi connectivity index (χ3v) is 9.66. The number of aromatic amines is 1. The van der Waals surface area contributed by atoms with E-state index in [2.05, 4.69) is 42.5 Å². The third-order valence-electron chi connectivity index (χ3n) is 7.11. The molecule has 38 heavy (non-hydrogen) atoms. The van der Waals surface area contributed by atoms with Crippen molar-refractivity contribution in [1.82, 2.24) is 14.6 Å². The maximum Gasteiger partial charge on any atom is 0.319 e. The number of urea groups is 1. The molecule has 3 aromatic rings. The Morgan fingerprint density at radius 3 is 2.58 bits per heavy atom.